The third kappa shape index (κ3) is 6.50. The summed E-state index contributed by atoms with van der Waals surface area (Å²) in [5, 5.41) is 20.1. The first-order chi connectivity index (χ1) is 17.3. The number of allylic oxidation sites excluding steroid dienone is 3. The Labute approximate surface area is 219 Å². The molecular weight excluding hydrogens is 468 g/mol. The summed E-state index contributed by atoms with van der Waals surface area (Å²) >= 11 is 6.56. The van der Waals surface area contributed by atoms with Crippen LogP contribution in [-0.4, -0.2) is 30.1 Å². The first-order valence-electron chi connectivity index (χ1n) is 12.2. The van der Waals surface area contributed by atoms with Crippen molar-refractivity contribution >= 4 is 33.9 Å². The second-order valence-electron chi connectivity index (χ2n) is 9.34. The highest BCUT2D eigenvalue weighted by molar-refractivity contribution is 6.33. The van der Waals surface area contributed by atoms with E-state index in [9.17, 15) is 5.26 Å². The molecule has 0 radical (unpaired) electrons. The number of anilines is 1. The summed E-state index contributed by atoms with van der Waals surface area (Å²) in [6.45, 7) is 14.1. The molecule has 0 aliphatic heterocycles. The third-order valence-corrected chi connectivity index (χ3v) is 6.25. The summed E-state index contributed by atoms with van der Waals surface area (Å²) in [6.07, 6.45) is 5.62. The molecule has 36 heavy (non-hydrogen) atoms. The van der Waals surface area contributed by atoms with Gasteiger partial charge in [0, 0.05) is 31.4 Å². The second kappa shape index (κ2) is 12.3. The number of nitrogens with zero attached hydrogens (tertiary/aromatic N) is 2. The molecule has 3 aromatic rings. The molecule has 2 aromatic carbocycles. The highest BCUT2D eigenvalue weighted by atomic mass is 35.5. The number of aromatic nitrogens is 2. The maximum absolute atomic E-state index is 9.32. The van der Waals surface area contributed by atoms with Crippen molar-refractivity contribution < 1.29 is 0 Å². The monoisotopic (exact) mass is 502 g/mol. The molecule has 188 valence electrons. The number of halogens is 1. The van der Waals surface area contributed by atoms with Gasteiger partial charge in [0.25, 0.3) is 0 Å². The number of H-pyrrole nitrogens is 1. The maximum Gasteiger partial charge on any atom is 0.140 e. The Morgan fingerprint density at radius 2 is 2.00 bits per heavy atom. The van der Waals surface area contributed by atoms with Crippen LogP contribution in [0.5, 0.6) is 0 Å². The van der Waals surface area contributed by atoms with Gasteiger partial charge in [-0.2, -0.15) is 5.26 Å². The van der Waals surface area contributed by atoms with Gasteiger partial charge in [-0.1, -0.05) is 51.1 Å². The van der Waals surface area contributed by atoms with Crippen molar-refractivity contribution in [2.24, 2.45) is 5.92 Å². The molecule has 1 atom stereocenters. The first kappa shape index (κ1) is 26.9. The number of hydrogen-bond donors (Lipinski definition) is 4. The van der Waals surface area contributed by atoms with Crippen LogP contribution in [0.15, 0.2) is 61.0 Å². The SMILES string of the molecule is C=C/C(=C(\C=C/NC)NCC(C)c1ccc(NCC(C)C)c(Cl)c1)c1nc2c(C)cc(C#N)cc2[nH]1. The molecule has 0 spiro atoms. The number of hydrogen-bond acceptors (Lipinski definition) is 5. The standard InChI is InChI=1S/C29H35ClN6/c1-7-23(29-35-27-13-21(15-31)12-19(4)28(27)36-29)25(10-11-32-6)34-17-20(5)22-8-9-26(24(30)14-22)33-16-18(2)3/h7-14,18,20,32-34H,1,16-17H2,2-6H3,(H,35,36)/b11-10-,25-23-. The van der Waals surface area contributed by atoms with Gasteiger partial charge in [-0.05, 0) is 66.4 Å². The van der Waals surface area contributed by atoms with Gasteiger partial charge in [-0.25, -0.2) is 4.98 Å². The lowest BCUT2D eigenvalue weighted by Gasteiger charge is -2.18. The number of rotatable bonds is 11. The largest absolute Gasteiger partial charge is 0.394 e. The van der Waals surface area contributed by atoms with Crippen molar-refractivity contribution in [3.63, 3.8) is 0 Å². The van der Waals surface area contributed by atoms with Crippen LogP contribution in [0.3, 0.4) is 0 Å². The number of nitrogens with one attached hydrogen (secondary N) is 4. The molecule has 0 fully saturated rings. The van der Waals surface area contributed by atoms with E-state index in [1.54, 1.807) is 6.08 Å². The summed E-state index contributed by atoms with van der Waals surface area (Å²) in [4.78, 5) is 8.17. The van der Waals surface area contributed by atoms with Crippen molar-refractivity contribution in [1.82, 2.24) is 20.6 Å². The first-order valence-corrected chi connectivity index (χ1v) is 12.5. The predicted octanol–water partition coefficient (Wildman–Crippen LogP) is 6.49. The Kier molecular flexibility index (Phi) is 9.21. The van der Waals surface area contributed by atoms with Gasteiger partial charge in [0.2, 0.25) is 0 Å². The molecule has 0 saturated carbocycles. The van der Waals surface area contributed by atoms with Gasteiger partial charge in [0.05, 0.1) is 33.4 Å². The molecule has 0 saturated heterocycles. The molecule has 0 bridgehead atoms. The molecule has 0 aliphatic carbocycles. The van der Waals surface area contributed by atoms with Crippen LogP contribution >= 0.6 is 11.6 Å². The van der Waals surface area contributed by atoms with Crippen molar-refractivity contribution in [2.45, 2.75) is 33.6 Å². The van der Waals surface area contributed by atoms with Crippen molar-refractivity contribution in [3.05, 3.63) is 88.5 Å². The highest BCUT2D eigenvalue weighted by Gasteiger charge is 2.14. The van der Waals surface area contributed by atoms with Gasteiger partial charge in [-0.3, -0.25) is 0 Å². The molecule has 0 amide bonds. The molecule has 6 nitrogen and oxygen atoms in total. The number of fused-ring (bicyclic) bond motifs is 1. The van der Waals surface area contributed by atoms with Crippen molar-refractivity contribution in [2.75, 3.05) is 25.5 Å². The van der Waals surface area contributed by atoms with Crippen LogP contribution < -0.4 is 16.0 Å². The topological polar surface area (TPSA) is 88.6 Å². The van der Waals surface area contributed by atoms with Gasteiger partial charge in [0.15, 0.2) is 0 Å². The number of nitriles is 1. The highest BCUT2D eigenvalue weighted by Crippen LogP contribution is 2.28. The van der Waals surface area contributed by atoms with Crippen molar-refractivity contribution in [1.29, 1.82) is 5.26 Å². The molecule has 7 heteroatoms. The zero-order valence-corrected chi connectivity index (χ0v) is 22.4. The Morgan fingerprint density at radius 1 is 1.22 bits per heavy atom. The van der Waals surface area contributed by atoms with E-state index in [1.807, 2.05) is 44.4 Å². The van der Waals surface area contributed by atoms with E-state index in [0.717, 1.165) is 50.7 Å². The van der Waals surface area contributed by atoms with Crippen LogP contribution in [0.4, 0.5) is 5.69 Å². The van der Waals surface area contributed by atoms with E-state index >= 15 is 0 Å². The number of aryl methyl sites for hydroxylation is 1. The molecule has 4 N–H and O–H groups in total. The molecule has 1 aromatic heterocycles. The Hall–Kier alpha value is -3.69. The Bertz CT molecular complexity index is 1330. The average molecular weight is 503 g/mol. The second-order valence-corrected chi connectivity index (χ2v) is 9.74. The van der Waals surface area contributed by atoms with Crippen molar-refractivity contribution in [3.8, 4) is 6.07 Å². The molecule has 3 rings (SSSR count). The summed E-state index contributed by atoms with van der Waals surface area (Å²) in [5.41, 5.74) is 7.06. The molecule has 0 aliphatic rings. The molecular formula is C29H35ClN6. The van der Waals surface area contributed by atoms with Gasteiger partial charge in [-0.15, -0.1) is 0 Å². The van der Waals surface area contributed by atoms with E-state index in [2.05, 4.69) is 66.5 Å². The number of aromatic amines is 1. The van der Waals surface area contributed by atoms with Gasteiger partial charge >= 0.3 is 0 Å². The fourth-order valence-corrected chi connectivity index (χ4v) is 4.16. The quantitative estimate of drug-likeness (QED) is 0.225. The summed E-state index contributed by atoms with van der Waals surface area (Å²) in [5.74, 6) is 1.45. The van der Waals surface area contributed by atoms with Gasteiger partial charge in [0.1, 0.15) is 5.82 Å². The van der Waals surface area contributed by atoms with Crippen LogP contribution in [0, 0.1) is 24.2 Å². The zero-order valence-electron chi connectivity index (χ0n) is 21.7. The van der Waals surface area contributed by atoms with Crippen LogP contribution in [0.2, 0.25) is 5.02 Å². The maximum atomic E-state index is 9.32. The molecule has 1 heterocycles. The van der Waals surface area contributed by atoms with E-state index in [-0.39, 0.29) is 5.92 Å². The smallest absolute Gasteiger partial charge is 0.140 e. The van der Waals surface area contributed by atoms with Crippen LogP contribution in [-0.2, 0) is 0 Å². The van der Waals surface area contributed by atoms with E-state index in [0.29, 0.717) is 23.9 Å². The minimum Gasteiger partial charge on any atom is -0.394 e. The number of benzene rings is 2. The lowest BCUT2D eigenvalue weighted by atomic mass is 10.0. The summed E-state index contributed by atoms with van der Waals surface area (Å²) < 4.78 is 0. The van der Waals surface area contributed by atoms with Crippen LogP contribution in [0.1, 0.15) is 49.2 Å². The Morgan fingerprint density at radius 3 is 2.64 bits per heavy atom. The third-order valence-electron chi connectivity index (χ3n) is 5.93. The average Bonchev–Trinajstić information content (AvgIpc) is 3.28. The van der Waals surface area contributed by atoms with E-state index in [1.165, 1.54) is 0 Å². The van der Waals surface area contributed by atoms with E-state index < -0.39 is 0 Å². The minimum absolute atomic E-state index is 0.210. The molecule has 1 unspecified atom stereocenters. The number of imidazole rings is 1. The normalized spacial score (nSPS) is 12.9. The zero-order chi connectivity index (χ0) is 26.2. The lowest BCUT2D eigenvalue weighted by Crippen LogP contribution is -2.20. The van der Waals surface area contributed by atoms with Crippen LogP contribution in [0.25, 0.3) is 16.6 Å². The lowest BCUT2D eigenvalue weighted by molar-refractivity contribution is 0.685. The fourth-order valence-electron chi connectivity index (χ4n) is 3.90. The predicted molar refractivity (Wildman–Crippen MR) is 152 cm³/mol. The summed E-state index contributed by atoms with van der Waals surface area (Å²) in [7, 11) is 1.86. The fraction of sp³-hybridized carbons (Fsp3) is 0.310. The Balaban J connectivity index is 1.87. The van der Waals surface area contributed by atoms with E-state index in [4.69, 9.17) is 16.6 Å². The summed E-state index contributed by atoms with van der Waals surface area (Å²) in [6, 6.07) is 12.1. The van der Waals surface area contributed by atoms with Gasteiger partial charge < -0.3 is 20.9 Å². The minimum atomic E-state index is 0.210.